The molecule has 1 heterocycles. The van der Waals surface area contributed by atoms with Gasteiger partial charge in [-0.25, -0.2) is 0 Å². The van der Waals surface area contributed by atoms with E-state index in [0.717, 1.165) is 64.9 Å². The van der Waals surface area contributed by atoms with Crippen molar-refractivity contribution in [3.05, 3.63) is 0 Å². The Morgan fingerprint density at radius 3 is 2.62 bits per heavy atom. The van der Waals surface area contributed by atoms with Crippen molar-refractivity contribution >= 4 is 5.91 Å². The Kier molecular flexibility index (Phi) is 6.02. The molecule has 0 aromatic rings. The minimum absolute atomic E-state index is 0.187. The summed E-state index contributed by atoms with van der Waals surface area (Å²) in [7, 11) is 1.74. The average molecular weight is 297 g/mol. The molecule has 5 heteroatoms. The minimum atomic E-state index is -0.592. The predicted molar refractivity (Wildman–Crippen MR) is 84.1 cm³/mol. The SMILES string of the molecule is CCC1CN(C(=O)C2(N)CCCCC2)CCN1CCOC. The van der Waals surface area contributed by atoms with E-state index < -0.39 is 5.54 Å². The Balaban J connectivity index is 1.94. The lowest BCUT2D eigenvalue weighted by atomic mass is 9.81. The van der Waals surface area contributed by atoms with Crippen LogP contribution in [0.5, 0.6) is 0 Å². The molecule has 1 saturated carbocycles. The Bertz CT molecular complexity index is 342. The number of hydrogen-bond acceptors (Lipinski definition) is 4. The summed E-state index contributed by atoms with van der Waals surface area (Å²) in [6, 6.07) is 0.435. The maximum absolute atomic E-state index is 12.8. The molecule has 2 rings (SSSR count). The van der Waals surface area contributed by atoms with Gasteiger partial charge >= 0.3 is 0 Å². The maximum Gasteiger partial charge on any atom is 0.242 e. The predicted octanol–water partition coefficient (Wildman–Crippen LogP) is 1.22. The van der Waals surface area contributed by atoms with E-state index in [2.05, 4.69) is 11.8 Å². The molecule has 0 spiro atoms. The fourth-order valence-electron chi connectivity index (χ4n) is 3.68. The first-order valence-corrected chi connectivity index (χ1v) is 8.42. The van der Waals surface area contributed by atoms with Crippen LogP contribution in [0, 0.1) is 0 Å². The lowest BCUT2D eigenvalue weighted by Crippen LogP contribution is -2.62. The number of carbonyl (C=O) groups is 1. The number of piperazine rings is 1. The zero-order valence-electron chi connectivity index (χ0n) is 13.6. The number of methoxy groups -OCH3 is 1. The van der Waals surface area contributed by atoms with Crippen molar-refractivity contribution < 1.29 is 9.53 Å². The molecule has 5 nitrogen and oxygen atoms in total. The van der Waals surface area contributed by atoms with Gasteiger partial charge in [-0.2, -0.15) is 0 Å². The lowest BCUT2D eigenvalue weighted by Gasteiger charge is -2.44. The number of rotatable bonds is 5. The van der Waals surface area contributed by atoms with Crippen molar-refractivity contribution in [2.75, 3.05) is 39.9 Å². The van der Waals surface area contributed by atoms with E-state index in [-0.39, 0.29) is 5.91 Å². The average Bonchev–Trinajstić information content (AvgIpc) is 2.52. The summed E-state index contributed by atoms with van der Waals surface area (Å²) >= 11 is 0. The smallest absolute Gasteiger partial charge is 0.242 e. The van der Waals surface area contributed by atoms with E-state index in [4.69, 9.17) is 10.5 Å². The molecule has 21 heavy (non-hydrogen) atoms. The Morgan fingerprint density at radius 2 is 2.00 bits per heavy atom. The number of nitrogens with zero attached hydrogens (tertiary/aromatic N) is 2. The largest absolute Gasteiger partial charge is 0.383 e. The van der Waals surface area contributed by atoms with E-state index in [1.807, 2.05) is 4.90 Å². The number of amides is 1. The van der Waals surface area contributed by atoms with Crippen molar-refractivity contribution in [2.45, 2.75) is 57.0 Å². The normalized spacial score (nSPS) is 26.8. The van der Waals surface area contributed by atoms with Crippen molar-refractivity contribution in [3.8, 4) is 0 Å². The molecule has 0 bridgehead atoms. The highest BCUT2D eigenvalue weighted by molar-refractivity contribution is 5.86. The van der Waals surface area contributed by atoms with E-state index in [1.165, 1.54) is 6.42 Å². The number of carbonyl (C=O) groups excluding carboxylic acids is 1. The third kappa shape index (κ3) is 3.96. The van der Waals surface area contributed by atoms with Gasteiger partial charge in [0.15, 0.2) is 0 Å². The van der Waals surface area contributed by atoms with Gasteiger partial charge in [0.2, 0.25) is 5.91 Å². The topological polar surface area (TPSA) is 58.8 Å². The van der Waals surface area contributed by atoms with Crippen LogP contribution in [0.4, 0.5) is 0 Å². The summed E-state index contributed by atoms with van der Waals surface area (Å²) in [6.07, 6.45) is 6.17. The first kappa shape index (κ1) is 16.7. The highest BCUT2D eigenvalue weighted by Crippen LogP contribution is 2.28. The molecule has 1 aliphatic heterocycles. The lowest BCUT2D eigenvalue weighted by molar-refractivity contribution is -0.141. The third-order valence-corrected chi connectivity index (χ3v) is 5.12. The van der Waals surface area contributed by atoms with Crippen molar-refractivity contribution in [2.24, 2.45) is 5.73 Å². The molecule has 1 unspecified atom stereocenters. The van der Waals surface area contributed by atoms with Crippen LogP contribution in [0.1, 0.15) is 45.4 Å². The van der Waals surface area contributed by atoms with E-state index in [0.29, 0.717) is 6.04 Å². The van der Waals surface area contributed by atoms with Crippen molar-refractivity contribution in [3.63, 3.8) is 0 Å². The van der Waals surface area contributed by atoms with Gasteiger partial charge in [-0.15, -0.1) is 0 Å². The minimum Gasteiger partial charge on any atom is -0.383 e. The zero-order chi connectivity index (χ0) is 15.3. The quantitative estimate of drug-likeness (QED) is 0.829. The molecule has 1 aliphatic carbocycles. The van der Waals surface area contributed by atoms with Gasteiger partial charge in [-0.1, -0.05) is 26.2 Å². The van der Waals surface area contributed by atoms with Crippen LogP contribution in [-0.4, -0.2) is 67.2 Å². The second-order valence-electron chi connectivity index (χ2n) is 6.56. The molecule has 2 aliphatic rings. The summed E-state index contributed by atoms with van der Waals surface area (Å²) in [5, 5.41) is 0. The van der Waals surface area contributed by atoms with Crippen LogP contribution in [0.15, 0.2) is 0 Å². The Labute approximate surface area is 128 Å². The summed E-state index contributed by atoms with van der Waals surface area (Å²) in [4.78, 5) is 17.3. The summed E-state index contributed by atoms with van der Waals surface area (Å²) in [5.41, 5.74) is 5.82. The molecule has 1 atom stereocenters. The second kappa shape index (κ2) is 7.56. The van der Waals surface area contributed by atoms with Crippen LogP contribution in [0.25, 0.3) is 0 Å². The molecular formula is C16H31N3O2. The Hall–Kier alpha value is -0.650. The van der Waals surface area contributed by atoms with Gasteiger partial charge in [0.25, 0.3) is 0 Å². The molecule has 0 aromatic heterocycles. The fourth-order valence-corrected chi connectivity index (χ4v) is 3.68. The monoisotopic (exact) mass is 297 g/mol. The van der Waals surface area contributed by atoms with Gasteiger partial charge in [0.05, 0.1) is 12.1 Å². The highest BCUT2D eigenvalue weighted by atomic mass is 16.5. The number of nitrogens with two attached hydrogens (primary N) is 1. The first-order chi connectivity index (χ1) is 10.1. The summed E-state index contributed by atoms with van der Waals surface area (Å²) in [5.74, 6) is 0.187. The van der Waals surface area contributed by atoms with E-state index >= 15 is 0 Å². The van der Waals surface area contributed by atoms with Gasteiger partial charge in [0, 0.05) is 39.3 Å². The van der Waals surface area contributed by atoms with Gasteiger partial charge in [-0.05, 0) is 19.3 Å². The molecule has 0 aromatic carbocycles. The molecule has 1 amide bonds. The van der Waals surface area contributed by atoms with Gasteiger partial charge < -0.3 is 15.4 Å². The van der Waals surface area contributed by atoms with Crippen LogP contribution in [0.2, 0.25) is 0 Å². The molecule has 122 valence electrons. The zero-order valence-corrected chi connectivity index (χ0v) is 13.6. The standard InChI is InChI=1S/C16H31N3O2/c1-3-14-13-19(10-9-18(14)11-12-21-2)15(20)16(17)7-5-4-6-8-16/h14H,3-13,17H2,1-2H3. The first-order valence-electron chi connectivity index (χ1n) is 8.42. The second-order valence-corrected chi connectivity index (χ2v) is 6.56. The molecule has 2 N–H and O–H groups in total. The highest BCUT2D eigenvalue weighted by Gasteiger charge is 2.40. The Morgan fingerprint density at radius 1 is 1.29 bits per heavy atom. The van der Waals surface area contributed by atoms with Crippen molar-refractivity contribution in [1.29, 1.82) is 0 Å². The summed E-state index contributed by atoms with van der Waals surface area (Å²) < 4.78 is 5.18. The summed E-state index contributed by atoms with van der Waals surface area (Å²) in [6.45, 7) is 6.45. The number of ether oxygens (including phenoxy) is 1. The third-order valence-electron chi connectivity index (χ3n) is 5.12. The van der Waals surface area contributed by atoms with Crippen LogP contribution < -0.4 is 5.73 Å². The molecule has 2 fully saturated rings. The van der Waals surface area contributed by atoms with Crippen molar-refractivity contribution in [1.82, 2.24) is 9.80 Å². The van der Waals surface area contributed by atoms with Gasteiger partial charge in [0.1, 0.15) is 0 Å². The fraction of sp³-hybridized carbons (Fsp3) is 0.938. The van der Waals surface area contributed by atoms with E-state index in [1.54, 1.807) is 7.11 Å². The van der Waals surface area contributed by atoms with Crippen LogP contribution in [0.3, 0.4) is 0 Å². The van der Waals surface area contributed by atoms with Crippen LogP contribution in [-0.2, 0) is 9.53 Å². The van der Waals surface area contributed by atoms with Gasteiger partial charge in [-0.3, -0.25) is 9.69 Å². The molecular weight excluding hydrogens is 266 g/mol. The number of hydrogen-bond donors (Lipinski definition) is 1. The molecule has 1 saturated heterocycles. The maximum atomic E-state index is 12.8. The van der Waals surface area contributed by atoms with Crippen LogP contribution >= 0.6 is 0 Å². The van der Waals surface area contributed by atoms with E-state index in [9.17, 15) is 4.79 Å². The molecule has 0 radical (unpaired) electrons.